The van der Waals surface area contributed by atoms with Gasteiger partial charge in [-0.1, -0.05) is 12.2 Å². The molecule has 0 bridgehead atoms. The molecule has 20 heavy (non-hydrogen) atoms. The molecule has 0 fully saturated rings. The van der Waals surface area contributed by atoms with Gasteiger partial charge in [0.25, 0.3) is 0 Å². The van der Waals surface area contributed by atoms with E-state index in [4.69, 9.17) is 22.7 Å². The average molecular weight is 297 g/mol. The summed E-state index contributed by atoms with van der Waals surface area (Å²) >= 11 is 4.80. The van der Waals surface area contributed by atoms with Crippen molar-refractivity contribution in [3.63, 3.8) is 0 Å². The van der Waals surface area contributed by atoms with E-state index >= 15 is 0 Å². The molecule has 0 aliphatic carbocycles. The van der Waals surface area contributed by atoms with Gasteiger partial charge in [-0.3, -0.25) is 0 Å². The van der Waals surface area contributed by atoms with Crippen LogP contribution in [0.2, 0.25) is 0 Å². The lowest BCUT2D eigenvalue weighted by Gasteiger charge is -2.09. The zero-order valence-corrected chi connectivity index (χ0v) is 11.0. The fourth-order valence-electron chi connectivity index (χ4n) is 1.57. The predicted octanol–water partition coefficient (Wildman–Crippen LogP) is 3.32. The fraction of sp³-hybridized carbons (Fsp3) is 0.0714. The summed E-state index contributed by atoms with van der Waals surface area (Å²) in [5.74, 6) is -2.39. The Bertz CT molecular complexity index is 661. The van der Waals surface area contributed by atoms with Gasteiger partial charge < -0.3 is 10.5 Å². The predicted molar refractivity (Wildman–Crippen MR) is 73.0 cm³/mol. The Hall–Kier alpha value is -2.08. The number of benzene rings is 2. The lowest BCUT2D eigenvalue weighted by molar-refractivity contribution is 0.297. The maximum Gasteiger partial charge on any atom is 0.162 e. The van der Waals surface area contributed by atoms with Gasteiger partial charge in [0.15, 0.2) is 11.6 Å². The van der Waals surface area contributed by atoms with Gasteiger partial charge in [0.1, 0.15) is 23.2 Å². The summed E-state index contributed by atoms with van der Waals surface area (Å²) < 4.78 is 44.5. The highest BCUT2D eigenvalue weighted by molar-refractivity contribution is 7.80. The van der Waals surface area contributed by atoms with Crippen LogP contribution in [0.3, 0.4) is 0 Å². The number of nitrogens with two attached hydrogens (primary N) is 1. The van der Waals surface area contributed by atoms with E-state index in [2.05, 4.69) is 0 Å². The average Bonchev–Trinajstić information content (AvgIpc) is 2.41. The van der Waals surface area contributed by atoms with Crippen LogP contribution in [0, 0.1) is 17.5 Å². The van der Waals surface area contributed by atoms with Crippen LogP contribution < -0.4 is 10.5 Å². The Kier molecular flexibility index (Phi) is 4.24. The van der Waals surface area contributed by atoms with Gasteiger partial charge in [0.05, 0.1) is 0 Å². The standard InChI is InChI=1S/C14H10F3NOS/c15-11-3-1-8(14(18)20)5-9(11)7-19-10-2-4-12(16)13(17)6-10/h1-6H,7H2,(H2,18,20). The zero-order valence-electron chi connectivity index (χ0n) is 10.2. The SMILES string of the molecule is NC(=S)c1ccc(F)c(COc2ccc(F)c(F)c2)c1. The highest BCUT2D eigenvalue weighted by Gasteiger charge is 2.08. The van der Waals surface area contributed by atoms with E-state index in [1.54, 1.807) is 0 Å². The minimum absolute atomic E-state index is 0.101. The molecule has 2 aromatic carbocycles. The minimum atomic E-state index is -1.03. The van der Waals surface area contributed by atoms with Crippen molar-refractivity contribution in [2.24, 2.45) is 5.73 Å². The van der Waals surface area contributed by atoms with E-state index in [1.165, 1.54) is 24.3 Å². The summed E-state index contributed by atoms with van der Waals surface area (Å²) in [5.41, 5.74) is 6.18. The Morgan fingerprint density at radius 2 is 1.70 bits per heavy atom. The van der Waals surface area contributed by atoms with Crippen molar-refractivity contribution < 1.29 is 17.9 Å². The topological polar surface area (TPSA) is 35.2 Å². The molecule has 2 N–H and O–H groups in total. The maximum atomic E-state index is 13.6. The van der Waals surface area contributed by atoms with Crippen molar-refractivity contribution in [1.29, 1.82) is 0 Å². The molecule has 0 saturated heterocycles. The van der Waals surface area contributed by atoms with Crippen LogP contribution in [-0.4, -0.2) is 4.99 Å². The summed E-state index contributed by atoms with van der Waals surface area (Å²) in [6.45, 7) is -0.145. The number of hydrogen-bond donors (Lipinski definition) is 1. The summed E-state index contributed by atoms with van der Waals surface area (Å²) in [6, 6.07) is 7.22. The molecule has 104 valence electrons. The third-order valence-corrected chi connectivity index (χ3v) is 2.85. The van der Waals surface area contributed by atoms with Crippen LogP contribution in [0.15, 0.2) is 36.4 Å². The molecular formula is C14H10F3NOS. The summed E-state index contributed by atoms with van der Waals surface area (Å²) in [5, 5.41) is 0. The first-order valence-electron chi connectivity index (χ1n) is 5.63. The van der Waals surface area contributed by atoms with Crippen molar-refractivity contribution in [3.8, 4) is 5.75 Å². The Labute approximate surface area is 119 Å². The molecule has 0 spiro atoms. The molecular weight excluding hydrogens is 287 g/mol. The third kappa shape index (κ3) is 3.27. The lowest BCUT2D eigenvalue weighted by Crippen LogP contribution is -2.10. The van der Waals surface area contributed by atoms with Gasteiger partial charge in [-0.05, 0) is 30.3 Å². The first-order valence-corrected chi connectivity index (χ1v) is 6.04. The molecule has 6 heteroatoms. The van der Waals surface area contributed by atoms with E-state index in [-0.39, 0.29) is 22.9 Å². The van der Waals surface area contributed by atoms with Crippen LogP contribution in [0.5, 0.6) is 5.75 Å². The number of hydrogen-bond acceptors (Lipinski definition) is 2. The zero-order chi connectivity index (χ0) is 14.7. The molecule has 0 saturated carbocycles. The van der Waals surface area contributed by atoms with E-state index < -0.39 is 17.5 Å². The summed E-state index contributed by atoms with van der Waals surface area (Å²) in [6.07, 6.45) is 0. The second-order valence-electron chi connectivity index (χ2n) is 4.04. The molecule has 2 aromatic rings. The maximum absolute atomic E-state index is 13.6. The van der Waals surface area contributed by atoms with Crippen molar-refractivity contribution >= 4 is 17.2 Å². The first-order chi connectivity index (χ1) is 9.47. The van der Waals surface area contributed by atoms with Gasteiger partial charge in [-0.25, -0.2) is 13.2 Å². The highest BCUT2D eigenvalue weighted by Crippen LogP contribution is 2.18. The van der Waals surface area contributed by atoms with E-state index in [0.29, 0.717) is 5.56 Å². The number of thiocarbonyl (C=S) groups is 1. The molecule has 0 unspecified atom stereocenters. The number of halogens is 3. The van der Waals surface area contributed by atoms with Crippen molar-refractivity contribution in [2.45, 2.75) is 6.61 Å². The molecule has 0 heterocycles. The van der Waals surface area contributed by atoms with Gasteiger partial charge in [0.2, 0.25) is 0 Å². The summed E-state index contributed by atoms with van der Waals surface area (Å²) in [4.78, 5) is 0.138. The Morgan fingerprint density at radius 3 is 2.35 bits per heavy atom. The van der Waals surface area contributed by atoms with Gasteiger partial charge in [-0.15, -0.1) is 0 Å². The normalized spacial score (nSPS) is 10.3. The van der Waals surface area contributed by atoms with E-state index in [9.17, 15) is 13.2 Å². The molecule has 0 aliphatic rings. The number of ether oxygens (including phenoxy) is 1. The second kappa shape index (κ2) is 5.92. The molecule has 0 aliphatic heterocycles. The third-order valence-electron chi connectivity index (χ3n) is 2.62. The second-order valence-corrected chi connectivity index (χ2v) is 4.47. The first kappa shape index (κ1) is 14.3. The largest absolute Gasteiger partial charge is 0.489 e. The van der Waals surface area contributed by atoms with Crippen molar-refractivity contribution in [2.75, 3.05) is 0 Å². The van der Waals surface area contributed by atoms with Crippen LogP contribution in [-0.2, 0) is 6.61 Å². The lowest BCUT2D eigenvalue weighted by atomic mass is 10.1. The van der Waals surface area contributed by atoms with Crippen molar-refractivity contribution in [1.82, 2.24) is 0 Å². The number of rotatable bonds is 4. The van der Waals surface area contributed by atoms with E-state index in [0.717, 1.165) is 12.1 Å². The molecule has 2 rings (SSSR count). The Morgan fingerprint density at radius 1 is 1.00 bits per heavy atom. The molecule has 0 radical (unpaired) electrons. The molecule has 2 nitrogen and oxygen atoms in total. The van der Waals surface area contributed by atoms with Crippen LogP contribution in [0.1, 0.15) is 11.1 Å². The fourth-order valence-corrected chi connectivity index (χ4v) is 1.69. The highest BCUT2D eigenvalue weighted by atomic mass is 32.1. The van der Waals surface area contributed by atoms with Crippen LogP contribution in [0.25, 0.3) is 0 Å². The van der Waals surface area contributed by atoms with Gasteiger partial charge in [0, 0.05) is 17.2 Å². The quantitative estimate of drug-likeness (QED) is 0.879. The van der Waals surface area contributed by atoms with Gasteiger partial charge in [-0.2, -0.15) is 0 Å². The van der Waals surface area contributed by atoms with Crippen LogP contribution >= 0.6 is 12.2 Å². The van der Waals surface area contributed by atoms with Crippen molar-refractivity contribution in [3.05, 3.63) is 65.0 Å². The monoisotopic (exact) mass is 297 g/mol. The molecule has 0 aromatic heterocycles. The van der Waals surface area contributed by atoms with Crippen LogP contribution in [0.4, 0.5) is 13.2 Å². The molecule has 0 amide bonds. The molecule has 0 atom stereocenters. The Balaban J connectivity index is 2.15. The minimum Gasteiger partial charge on any atom is -0.489 e. The smallest absolute Gasteiger partial charge is 0.162 e. The summed E-state index contributed by atoms with van der Waals surface area (Å²) in [7, 11) is 0. The van der Waals surface area contributed by atoms with Gasteiger partial charge >= 0.3 is 0 Å². The van der Waals surface area contributed by atoms with E-state index in [1.807, 2.05) is 0 Å².